The molecule has 0 N–H and O–H groups in total. The van der Waals surface area contributed by atoms with Crippen molar-refractivity contribution in [1.29, 1.82) is 0 Å². The number of hydrogen-bond acceptors (Lipinski definition) is 2. The first-order chi connectivity index (χ1) is 8.46. The fourth-order valence-corrected chi connectivity index (χ4v) is 2.15. The summed E-state index contributed by atoms with van der Waals surface area (Å²) >= 11 is 0. The number of hydrogen-bond donors (Lipinski definition) is 0. The van der Waals surface area contributed by atoms with Crippen molar-refractivity contribution >= 4 is 5.78 Å². The molecule has 0 spiro atoms. The lowest BCUT2D eigenvalue weighted by molar-refractivity contribution is -0.154. The molecule has 18 heavy (non-hydrogen) atoms. The second-order valence-electron chi connectivity index (χ2n) is 4.34. The van der Waals surface area contributed by atoms with Gasteiger partial charge in [-0.25, -0.2) is 0 Å². The third-order valence-corrected chi connectivity index (χ3v) is 2.90. The fourth-order valence-electron chi connectivity index (χ4n) is 2.15. The van der Waals surface area contributed by atoms with Gasteiger partial charge in [0, 0.05) is 6.42 Å². The van der Waals surface area contributed by atoms with E-state index in [2.05, 4.69) is 0 Å². The maximum Gasteiger partial charge on any atom is 0.395 e. The van der Waals surface area contributed by atoms with Gasteiger partial charge in [0.2, 0.25) is 0 Å². The van der Waals surface area contributed by atoms with Crippen molar-refractivity contribution in [1.82, 2.24) is 0 Å². The van der Waals surface area contributed by atoms with Gasteiger partial charge in [-0.2, -0.15) is 13.2 Å². The van der Waals surface area contributed by atoms with E-state index >= 15 is 0 Å². The second kappa shape index (κ2) is 5.10. The molecule has 0 saturated carbocycles. The highest BCUT2D eigenvalue weighted by Crippen LogP contribution is 2.31. The van der Waals surface area contributed by atoms with Crippen molar-refractivity contribution in [2.75, 3.05) is 6.61 Å². The van der Waals surface area contributed by atoms with Crippen LogP contribution in [-0.4, -0.2) is 18.6 Å². The highest BCUT2D eigenvalue weighted by atomic mass is 19.4. The van der Waals surface area contributed by atoms with Crippen LogP contribution in [0.5, 0.6) is 0 Å². The van der Waals surface area contributed by atoms with Gasteiger partial charge in [-0.15, -0.1) is 0 Å². The average molecular weight is 258 g/mol. The molecule has 1 aromatic rings. The van der Waals surface area contributed by atoms with Gasteiger partial charge in [0.15, 0.2) is 0 Å². The van der Waals surface area contributed by atoms with E-state index in [9.17, 15) is 18.0 Å². The quantitative estimate of drug-likeness (QED) is 0.832. The molecule has 1 heterocycles. The predicted molar refractivity (Wildman–Crippen MR) is 59.1 cm³/mol. The summed E-state index contributed by atoms with van der Waals surface area (Å²) < 4.78 is 41.7. The minimum atomic E-state index is -4.44. The average Bonchev–Trinajstić information content (AvgIpc) is 2.27. The van der Waals surface area contributed by atoms with Crippen LogP contribution in [0.15, 0.2) is 24.3 Å². The van der Waals surface area contributed by atoms with E-state index in [0.717, 1.165) is 17.5 Å². The van der Waals surface area contributed by atoms with Crippen molar-refractivity contribution in [3.63, 3.8) is 0 Å². The Hall–Kier alpha value is -1.36. The minimum Gasteiger partial charge on any atom is -0.373 e. The van der Waals surface area contributed by atoms with Crippen LogP contribution in [0, 0.1) is 0 Å². The Morgan fingerprint density at radius 3 is 2.78 bits per heavy atom. The summed E-state index contributed by atoms with van der Waals surface area (Å²) in [4.78, 5) is 11.3. The molecular weight excluding hydrogens is 245 g/mol. The van der Waals surface area contributed by atoms with Gasteiger partial charge in [0.05, 0.1) is 12.7 Å². The number of carbonyl (C=O) groups excluding carboxylic acids is 1. The van der Waals surface area contributed by atoms with E-state index in [1.165, 1.54) is 0 Å². The van der Waals surface area contributed by atoms with E-state index < -0.39 is 24.5 Å². The highest BCUT2D eigenvalue weighted by molar-refractivity contribution is 5.79. The Balaban J connectivity index is 2.05. The first-order valence-electron chi connectivity index (χ1n) is 5.73. The number of ketones is 1. The third kappa shape index (κ3) is 3.32. The molecule has 98 valence electrons. The van der Waals surface area contributed by atoms with Gasteiger partial charge >= 0.3 is 6.18 Å². The molecule has 2 nitrogen and oxygen atoms in total. The molecular formula is C13H13F3O2. The molecule has 0 saturated heterocycles. The zero-order valence-corrected chi connectivity index (χ0v) is 9.67. The molecule has 5 heteroatoms. The predicted octanol–water partition coefficient (Wildman–Crippen LogP) is 3.21. The van der Waals surface area contributed by atoms with Crippen molar-refractivity contribution in [2.45, 2.75) is 31.5 Å². The Kier molecular flexibility index (Phi) is 3.71. The molecule has 0 bridgehead atoms. The lowest BCUT2D eigenvalue weighted by Gasteiger charge is -2.25. The largest absolute Gasteiger partial charge is 0.395 e. The first kappa shape index (κ1) is 13.1. The highest BCUT2D eigenvalue weighted by Gasteiger charge is 2.33. The van der Waals surface area contributed by atoms with Crippen LogP contribution >= 0.6 is 0 Å². The number of halogens is 3. The second-order valence-corrected chi connectivity index (χ2v) is 4.34. The van der Waals surface area contributed by atoms with Crippen LogP contribution in [0.4, 0.5) is 13.2 Å². The van der Waals surface area contributed by atoms with Crippen molar-refractivity contribution in [2.24, 2.45) is 0 Å². The molecule has 0 aromatic heterocycles. The number of rotatable bonds is 3. The van der Waals surface area contributed by atoms with Gasteiger partial charge < -0.3 is 4.74 Å². The molecule has 1 aliphatic rings. The number of ether oxygens (including phenoxy) is 1. The minimum absolute atomic E-state index is 0.212. The van der Waals surface area contributed by atoms with Crippen LogP contribution in [0.1, 0.15) is 30.1 Å². The van der Waals surface area contributed by atoms with Crippen LogP contribution in [0.3, 0.4) is 0 Å². The number of carbonyl (C=O) groups is 1. The fraction of sp³-hybridized carbons (Fsp3) is 0.462. The summed E-state index contributed by atoms with van der Waals surface area (Å²) in [6.45, 7) is 0.445. The topological polar surface area (TPSA) is 26.3 Å². The number of alkyl halides is 3. The van der Waals surface area contributed by atoms with E-state index in [0.29, 0.717) is 6.61 Å². The summed E-state index contributed by atoms with van der Waals surface area (Å²) in [5, 5.41) is 0. The molecule has 2 rings (SSSR count). The Morgan fingerprint density at radius 2 is 2.06 bits per heavy atom. The lowest BCUT2D eigenvalue weighted by Crippen LogP contribution is -2.22. The van der Waals surface area contributed by atoms with E-state index in [4.69, 9.17) is 4.74 Å². The number of fused-ring (bicyclic) bond motifs is 1. The summed E-state index contributed by atoms with van der Waals surface area (Å²) in [7, 11) is 0. The molecule has 0 radical (unpaired) electrons. The summed E-state index contributed by atoms with van der Waals surface area (Å²) in [6, 6.07) is 7.40. The van der Waals surface area contributed by atoms with Crippen molar-refractivity contribution in [3.05, 3.63) is 35.4 Å². The first-order valence-corrected chi connectivity index (χ1v) is 5.73. The van der Waals surface area contributed by atoms with Crippen LogP contribution in [0.25, 0.3) is 0 Å². The van der Waals surface area contributed by atoms with Crippen molar-refractivity contribution < 1.29 is 22.7 Å². The maximum atomic E-state index is 12.1. The zero-order chi connectivity index (χ0) is 13.2. The number of benzene rings is 1. The SMILES string of the molecule is O=C(CC1OCCc2ccccc21)CC(F)(F)F. The summed E-state index contributed by atoms with van der Waals surface area (Å²) in [6.07, 6.45) is -5.83. The van der Waals surface area contributed by atoms with Gasteiger partial charge in [0.1, 0.15) is 12.2 Å². The van der Waals surface area contributed by atoms with Crippen molar-refractivity contribution in [3.8, 4) is 0 Å². The van der Waals surface area contributed by atoms with E-state index in [1.807, 2.05) is 12.1 Å². The Morgan fingerprint density at radius 1 is 1.33 bits per heavy atom. The summed E-state index contributed by atoms with van der Waals surface area (Å²) in [5.41, 5.74) is 1.88. The molecule has 1 aliphatic heterocycles. The molecule has 0 amide bonds. The molecule has 0 fully saturated rings. The van der Waals surface area contributed by atoms with Gasteiger partial charge in [-0.1, -0.05) is 24.3 Å². The van der Waals surface area contributed by atoms with Gasteiger partial charge in [-0.3, -0.25) is 4.79 Å². The zero-order valence-electron chi connectivity index (χ0n) is 9.67. The molecule has 1 unspecified atom stereocenters. The Labute approximate surface area is 103 Å². The van der Waals surface area contributed by atoms with Gasteiger partial charge in [0.25, 0.3) is 0 Å². The molecule has 1 aromatic carbocycles. The summed E-state index contributed by atoms with van der Waals surface area (Å²) in [5.74, 6) is -0.829. The smallest absolute Gasteiger partial charge is 0.373 e. The number of Topliss-reactive ketones (excluding diaryl/α,β-unsaturated/α-hetero) is 1. The standard InChI is InChI=1S/C13H13F3O2/c14-13(15,16)8-10(17)7-12-11-4-2-1-3-9(11)5-6-18-12/h1-4,12H,5-8H2. The monoisotopic (exact) mass is 258 g/mol. The normalized spacial score (nSPS) is 19.4. The maximum absolute atomic E-state index is 12.1. The van der Waals surface area contributed by atoms with E-state index in [-0.39, 0.29) is 6.42 Å². The van der Waals surface area contributed by atoms with Crippen LogP contribution in [-0.2, 0) is 16.0 Å². The van der Waals surface area contributed by atoms with Gasteiger partial charge in [-0.05, 0) is 17.5 Å². The lowest BCUT2D eigenvalue weighted by atomic mass is 9.94. The molecule has 0 aliphatic carbocycles. The third-order valence-electron chi connectivity index (χ3n) is 2.90. The van der Waals surface area contributed by atoms with E-state index in [1.54, 1.807) is 12.1 Å². The Bertz CT molecular complexity index is 440. The molecule has 1 atom stereocenters. The van der Waals surface area contributed by atoms with Crippen LogP contribution < -0.4 is 0 Å². The van der Waals surface area contributed by atoms with Crippen LogP contribution in [0.2, 0.25) is 0 Å².